The van der Waals surface area contributed by atoms with Gasteiger partial charge in [-0.3, -0.25) is 4.90 Å². The lowest BCUT2D eigenvalue weighted by Crippen LogP contribution is -2.47. The van der Waals surface area contributed by atoms with E-state index in [1.165, 1.54) is 0 Å². The number of β-amino-alcohol motifs (C(OH)–C–C–N with tert-alkyl or cyclic N) is 1. The lowest BCUT2D eigenvalue weighted by atomic mass is 10.1. The second-order valence-electron chi connectivity index (χ2n) is 5.87. The third-order valence-corrected chi connectivity index (χ3v) is 4.49. The third kappa shape index (κ3) is 4.04. The molecule has 1 N–H and O–H groups in total. The minimum atomic E-state index is -0.544. The van der Waals surface area contributed by atoms with Crippen molar-refractivity contribution in [3.63, 3.8) is 0 Å². The van der Waals surface area contributed by atoms with E-state index in [-0.39, 0.29) is 0 Å². The van der Waals surface area contributed by atoms with Crippen molar-refractivity contribution in [1.29, 1.82) is 5.26 Å². The van der Waals surface area contributed by atoms with Crippen LogP contribution in [-0.4, -0.2) is 47.7 Å². The summed E-state index contributed by atoms with van der Waals surface area (Å²) in [4.78, 5) is 8.82. The van der Waals surface area contributed by atoms with Crippen LogP contribution in [-0.2, 0) is 0 Å². The van der Waals surface area contributed by atoms with E-state index in [0.29, 0.717) is 17.1 Å². The van der Waals surface area contributed by atoms with Crippen molar-refractivity contribution in [3.8, 4) is 6.07 Å². The molecule has 1 fully saturated rings. The van der Waals surface area contributed by atoms with Crippen LogP contribution < -0.4 is 4.90 Å². The highest BCUT2D eigenvalue weighted by molar-refractivity contribution is 6.30. The Balaban J connectivity index is 1.53. The van der Waals surface area contributed by atoms with Crippen molar-refractivity contribution < 1.29 is 5.11 Å². The van der Waals surface area contributed by atoms with Crippen molar-refractivity contribution in [3.05, 3.63) is 58.7 Å². The number of pyridine rings is 1. The molecule has 1 saturated heterocycles. The number of anilines is 1. The molecule has 0 aliphatic carbocycles. The van der Waals surface area contributed by atoms with Gasteiger partial charge in [-0.1, -0.05) is 23.7 Å². The minimum Gasteiger partial charge on any atom is -0.387 e. The van der Waals surface area contributed by atoms with Gasteiger partial charge in [0.05, 0.1) is 22.8 Å². The van der Waals surface area contributed by atoms with Gasteiger partial charge in [0, 0.05) is 38.9 Å². The molecule has 0 amide bonds. The van der Waals surface area contributed by atoms with E-state index in [2.05, 4.69) is 20.9 Å². The van der Waals surface area contributed by atoms with Crippen LogP contribution in [0.3, 0.4) is 0 Å². The Hall–Kier alpha value is -2.13. The Bertz CT molecular complexity index is 703. The Morgan fingerprint density at radius 2 is 1.83 bits per heavy atom. The third-order valence-electron chi connectivity index (χ3n) is 4.26. The maximum absolute atomic E-state index is 10.4. The predicted molar refractivity (Wildman–Crippen MR) is 94.0 cm³/mol. The summed E-state index contributed by atoms with van der Waals surface area (Å²) in [5.41, 5.74) is 1.45. The molecule has 1 aliphatic heterocycles. The molecule has 0 spiro atoms. The fourth-order valence-electron chi connectivity index (χ4n) is 2.84. The van der Waals surface area contributed by atoms with E-state index < -0.39 is 6.10 Å². The van der Waals surface area contributed by atoms with E-state index >= 15 is 0 Å². The molecular formula is C18H19ClN4O. The number of benzene rings is 1. The van der Waals surface area contributed by atoms with Crippen LogP contribution in [0.25, 0.3) is 0 Å². The van der Waals surface area contributed by atoms with E-state index in [1.54, 1.807) is 18.3 Å². The van der Waals surface area contributed by atoms with Gasteiger partial charge in [-0.15, -0.1) is 0 Å². The van der Waals surface area contributed by atoms with Crippen LogP contribution in [0.4, 0.5) is 5.82 Å². The number of hydrogen-bond acceptors (Lipinski definition) is 5. The maximum Gasteiger partial charge on any atom is 0.128 e. The number of piperazine rings is 1. The number of nitriles is 1. The largest absolute Gasteiger partial charge is 0.387 e. The quantitative estimate of drug-likeness (QED) is 0.924. The molecule has 1 unspecified atom stereocenters. The molecule has 0 radical (unpaired) electrons. The van der Waals surface area contributed by atoms with Gasteiger partial charge in [0.15, 0.2) is 0 Å². The second-order valence-corrected chi connectivity index (χ2v) is 6.31. The number of aliphatic hydroxyl groups is 1. The molecule has 1 aliphatic rings. The van der Waals surface area contributed by atoms with Gasteiger partial charge in [-0.05, 0) is 29.8 Å². The molecule has 2 heterocycles. The molecule has 6 heteroatoms. The number of nitrogens with zero attached hydrogens (tertiary/aromatic N) is 4. The van der Waals surface area contributed by atoms with E-state index in [1.807, 2.05) is 24.3 Å². The Morgan fingerprint density at radius 1 is 1.12 bits per heavy atom. The van der Waals surface area contributed by atoms with Gasteiger partial charge in [-0.2, -0.15) is 5.26 Å². The van der Waals surface area contributed by atoms with Crippen molar-refractivity contribution >= 4 is 17.4 Å². The fraction of sp³-hybridized carbons (Fsp3) is 0.333. The molecule has 1 aromatic heterocycles. The summed E-state index contributed by atoms with van der Waals surface area (Å²) in [5.74, 6) is 0.937. The second kappa shape index (κ2) is 7.63. The first-order chi connectivity index (χ1) is 11.7. The van der Waals surface area contributed by atoms with Crippen molar-refractivity contribution in [1.82, 2.24) is 9.88 Å². The summed E-state index contributed by atoms with van der Waals surface area (Å²) in [6, 6.07) is 13.0. The average molecular weight is 343 g/mol. The van der Waals surface area contributed by atoms with Gasteiger partial charge in [0.1, 0.15) is 5.82 Å². The van der Waals surface area contributed by atoms with Crippen molar-refractivity contribution in [2.24, 2.45) is 0 Å². The molecule has 5 nitrogen and oxygen atoms in total. The van der Waals surface area contributed by atoms with Crippen LogP contribution >= 0.6 is 11.6 Å². The zero-order valence-electron chi connectivity index (χ0n) is 13.3. The van der Waals surface area contributed by atoms with Gasteiger partial charge >= 0.3 is 0 Å². The topological polar surface area (TPSA) is 63.4 Å². The number of hydrogen-bond donors (Lipinski definition) is 1. The minimum absolute atomic E-state index is 0.544. The molecule has 1 atom stereocenters. The van der Waals surface area contributed by atoms with Crippen molar-refractivity contribution in [2.45, 2.75) is 6.10 Å². The van der Waals surface area contributed by atoms with Crippen LogP contribution in [0.1, 0.15) is 17.2 Å². The highest BCUT2D eigenvalue weighted by Gasteiger charge is 2.20. The lowest BCUT2D eigenvalue weighted by Gasteiger charge is -2.36. The average Bonchev–Trinajstić information content (AvgIpc) is 2.63. The molecule has 24 heavy (non-hydrogen) atoms. The number of aromatic nitrogens is 1. The summed E-state index contributed by atoms with van der Waals surface area (Å²) in [7, 11) is 0. The number of halogens is 1. The fourth-order valence-corrected chi connectivity index (χ4v) is 2.96. The summed E-state index contributed by atoms with van der Waals surface area (Å²) >= 11 is 5.87. The summed E-state index contributed by atoms with van der Waals surface area (Å²) in [6.07, 6.45) is 1.12. The number of rotatable bonds is 4. The van der Waals surface area contributed by atoms with Crippen molar-refractivity contribution in [2.75, 3.05) is 37.6 Å². The van der Waals surface area contributed by atoms with Gasteiger partial charge in [0.25, 0.3) is 0 Å². The first-order valence-corrected chi connectivity index (χ1v) is 8.30. The molecular weight excluding hydrogens is 324 g/mol. The Kier molecular flexibility index (Phi) is 5.31. The first-order valence-electron chi connectivity index (χ1n) is 7.92. The maximum atomic E-state index is 10.4. The standard InChI is InChI=1S/C18H19ClN4O/c19-16-5-6-18(21-12-16)23-9-7-22(8-10-23)13-17(24)15-3-1-14(11-20)2-4-15/h1-6,12,17,24H,7-10,13H2. The van der Waals surface area contributed by atoms with Gasteiger partial charge < -0.3 is 10.0 Å². The monoisotopic (exact) mass is 342 g/mol. The zero-order chi connectivity index (χ0) is 16.9. The van der Waals surface area contributed by atoms with E-state index in [9.17, 15) is 5.11 Å². The molecule has 2 aromatic rings. The SMILES string of the molecule is N#Cc1ccc(C(O)CN2CCN(c3ccc(Cl)cn3)CC2)cc1. The van der Waals surface area contributed by atoms with Crippen LogP contribution in [0.5, 0.6) is 0 Å². The van der Waals surface area contributed by atoms with Crippen LogP contribution in [0, 0.1) is 11.3 Å². The smallest absolute Gasteiger partial charge is 0.128 e. The summed E-state index contributed by atoms with van der Waals surface area (Å²) < 4.78 is 0. The zero-order valence-corrected chi connectivity index (χ0v) is 14.0. The molecule has 3 rings (SSSR count). The predicted octanol–water partition coefficient (Wildman–Crippen LogP) is 2.46. The lowest BCUT2D eigenvalue weighted by molar-refractivity contribution is 0.109. The molecule has 0 bridgehead atoms. The first kappa shape index (κ1) is 16.7. The Labute approximate surface area is 146 Å². The Morgan fingerprint density at radius 3 is 2.42 bits per heavy atom. The van der Waals surface area contributed by atoms with Crippen LogP contribution in [0.15, 0.2) is 42.6 Å². The highest BCUT2D eigenvalue weighted by atomic mass is 35.5. The summed E-state index contributed by atoms with van der Waals surface area (Å²) in [6.45, 7) is 4.08. The highest BCUT2D eigenvalue weighted by Crippen LogP contribution is 2.19. The van der Waals surface area contributed by atoms with E-state index in [4.69, 9.17) is 16.9 Å². The van der Waals surface area contributed by atoms with Gasteiger partial charge in [0.2, 0.25) is 0 Å². The molecule has 0 saturated carbocycles. The molecule has 1 aromatic carbocycles. The number of aliphatic hydroxyl groups excluding tert-OH is 1. The normalized spacial score (nSPS) is 16.6. The van der Waals surface area contributed by atoms with Crippen LogP contribution in [0.2, 0.25) is 5.02 Å². The molecule has 124 valence electrons. The summed E-state index contributed by atoms with van der Waals surface area (Å²) in [5, 5.41) is 19.9. The van der Waals surface area contributed by atoms with E-state index in [0.717, 1.165) is 37.6 Å². The van der Waals surface area contributed by atoms with Gasteiger partial charge in [-0.25, -0.2) is 4.98 Å².